The predicted molar refractivity (Wildman–Crippen MR) is 58.2 cm³/mol. The number of nitrogens with two attached hydrogens (primary N) is 1. The number of hydrogen-bond acceptors (Lipinski definition) is 6. The molecule has 1 saturated heterocycles. The van der Waals surface area contributed by atoms with Gasteiger partial charge >= 0.3 is 11.9 Å². The van der Waals surface area contributed by atoms with E-state index in [4.69, 9.17) is 15.2 Å². The van der Waals surface area contributed by atoms with Gasteiger partial charge in [0.05, 0.1) is 6.61 Å². The van der Waals surface area contributed by atoms with E-state index in [1.165, 1.54) is 11.3 Å². The fourth-order valence-corrected chi connectivity index (χ4v) is 2.19. The van der Waals surface area contributed by atoms with Gasteiger partial charge in [0.1, 0.15) is 4.88 Å². The highest BCUT2D eigenvalue weighted by molar-refractivity contribution is 7.14. The first-order chi connectivity index (χ1) is 7.58. The molecule has 0 amide bonds. The molecule has 1 aromatic heterocycles. The minimum atomic E-state index is -0.767. The zero-order valence-corrected chi connectivity index (χ0v) is 9.50. The van der Waals surface area contributed by atoms with Crippen LogP contribution in [0, 0.1) is 6.92 Å². The van der Waals surface area contributed by atoms with Gasteiger partial charge in [-0.05, 0) is 13.0 Å². The van der Waals surface area contributed by atoms with Crippen LogP contribution in [0.4, 0.5) is 5.69 Å². The lowest BCUT2D eigenvalue weighted by molar-refractivity contribution is -0.145. The van der Waals surface area contributed by atoms with Gasteiger partial charge in [-0.2, -0.15) is 0 Å². The fraction of sp³-hybridized carbons (Fsp3) is 0.400. The molecule has 86 valence electrons. The predicted octanol–water partition coefficient (Wildman–Crippen LogP) is 1.11. The number of aryl methyl sites for hydroxylation is 1. The van der Waals surface area contributed by atoms with Crippen LogP contribution in [0.1, 0.15) is 21.0 Å². The highest BCUT2D eigenvalue weighted by Crippen LogP contribution is 2.25. The minimum Gasteiger partial charge on any atom is -0.463 e. The Balaban J connectivity index is 2.05. The Kier molecular flexibility index (Phi) is 2.82. The third-order valence-corrected chi connectivity index (χ3v) is 3.34. The number of carbonyl (C=O) groups excluding carboxylic acids is 2. The lowest BCUT2D eigenvalue weighted by atomic mass is 10.3. The van der Waals surface area contributed by atoms with E-state index in [0.717, 1.165) is 4.88 Å². The molecule has 0 bridgehead atoms. The first kappa shape index (κ1) is 10.9. The molecule has 1 aliphatic heterocycles. The first-order valence-electron chi connectivity index (χ1n) is 4.81. The number of thiophene rings is 1. The van der Waals surface area contributed by atoms with Gasteiger partial charge in [-0.1, -0.05) is 0 Å². The molecule has 2 rings (SSSR count). The van der Waals surface area contributed by atoms with E-state index in [-0.39, 0.29) is 0 Å². The van der Waals surface area contributed by atoms with E-state index < -0.39 is 18.0 Å². The molecule has 0 radical (unpaired) electrons. The highest BCUT2D eigenvalue weighted by Gasteiger charge is 2.31. The van der Waals surface area contributed by atoms with Gasteiger partial charge in [-0.25, -0.2) is 9.59 Å². The maximum Gasteiger partial charge on any atom is 0.349 e. The third-order valence-electron chi connectivity index (χ3n) is 2.29. The molecule has 1 aromatic rings. The van der Waals surface area contributed by atoms with Gasteiger partial charge in [0.15, 0.2) is 0 Å². The molecular weight excluding hydrogens is 230 g/mol. The van der Waals surface area contributed by atoms with Gasteiger partial charge in [0.2, 0.25) is 6.10 Å². The Hall–Kier alpha value is -1.56. The summed E-state index contributed by atoms with van der Waals surface area (Å²) >= 11 is 1.26. The molecule has 1 aliphatic rings. The zero-order chi connectivity index (χ0) is 11.7. The first-order valence-corrected chi connectivity index (χ1v) is 5.63. The van der Waals surface area contributed by atoms with Crippen molar-refractivity contribution in [3.8, 4) is 0 Å². The second-order valence-electron chi connectivity index (χ2n) is 3.47. The zero-order valence-electron chi connectivity index (χ0n) is 8.69. The van der Waals surface area contributed by atoms with Crippen molar-refractivity contribution < 1.29 is 19.1 Å². The number of hydrogen-bond donors (Lipinski definition) is 1. The van der Waals surface area contributed by atoms with Crippen molar-refractivity contribution in [1.82, 2.24) is 0 Å². The lowest BCUT2D eigenvalue weighted by Gasteiger charge is -2.06. The van der Waals surface area contributed by atoms with Crippen molar-refractivity contribution in [2.24, 2.45) is 0 Å². The van der Waals surface area contributed by atoms with E-state index in [1.54, 1.807) is 6.07 Å². The van der Waals surface area contributed by atoms with E-state index in [1.807, 2.05) is 6.92 Å². The summed E-state index contributed by atoms with van der Waals surface area (Å²) in [6.45, 7) is 2.13. The van der Waals surface area contributed by atoms with E-state index in [2.05, 4.69) is 0 Å². The minimum absolute atomic E-state index is 0.308. The van der Waals surface area contributed by atoms with Crippen molar-refractivity contribution in [1.29, 1.82) is 0 Å². The maximum atomic E-state index is 11.6. The lowest BCUT2D eigenvalue weighted by Crippen LogP contribution is -2.22. The van der Waals surface area contributed by atoms with Gasteiger partial charge in [0, 0.05) is 17.0 Å². The van der Waals surface area contributed by atoms with Crippen LogP contribution >= 0.6 is 11.3 Å². The average Bonchev–Trinajstić information content (AvgIpc) is 2.76. The molecule has 0 aliphatic carbocycles. The SMILES string of the molecule is Cc1sc(C(=O)OC2CCOC2=O)cc1N. The number of nitrogen functional groups attached to an aromatic ring is 1. The van der Waals surface area contributed by atoms with Crippen molar-refractivity contribution in [3.63, 3.8) is 0 Å². The Morgan fingerprint density at radius 1 is 1.69 bits per heavy atom. The van der Waals surface area contributed by atoms with Crippen LogP contribution < -0.4 is 5.73 Å². The van der Waals surface area contributed by atoms with E-state index in [9.17, 15) is 9.59 Å². The smallest absolute Gasteiger partial charge is 0.349 e. The van der Waals surface area contributed by atoms with Crippen LogP contribution in [-0.4, -0.2) is 24.6 Å². The summed E-state index contributed by atoms with van der Waals surface area (Å²) < 4.78 is 9.71. The normalized spacial score (nSPS) is 19.6. The highest BCUT2D eigenvalue weighted by atomic mass is 32.1. The summed E-state index contributed by atoms with van der Waals surface area (Å²) in [5, 5.41) is 0. The van der Waals surface area contributed by atoms with Crippen LogP contribution in [0.15, 0.2) is 6.07 Å². The number of ether oxygens (including phenoxy) is 2. The van der Waals surface area contributed by atoms with Gasteiger partial charge < -0.3 is 15.2 Å². The summed E-state index contributed by atoms with van der Waals surface area (Å²) in [5.74, 6) is -0.997. The molecule has 1 unspecified atom stereocenters. The number of carbonyl (C=O) groups is 2. The van der Waals surface area contributed by atoms with Crippen LogP contribution in [0.2, 0.25) is 0 Å². The van der Waals surface area contributed by atoms with Gasteiger partial charge in [-0.15, -0.1) is 11.3 Å². The number of esters is 2. The van der Waals surface area contributed by atoms with Crippen LogP contribution in [0.5, 0.6) is 0 Å². The average molecular weight is 241 g/mol. The van der Waals surface area contributed by atoms with Crippen LogP contribution in [0.3, 0.4) is 0 Å². The Morgan fingerprint density at radius 3 is 2.94 bits per heavy atom. The summed E-state index contributed by atoms with van der Waals surface area (Å²) in [4.78, 5) is 24.0. The fourth-order valence-electron chi connectivity index (χ4n) is 1.37. The second kappa shape index (κ2) is 4.13. The molecule has 1 fully saturated rings. The molecule has 0 spiro atoms. The molecule has 5 nitrogen and oxygen atoms in total. The second-order valence-corrected chi connectivity index (χ2v) is 4.73. The Labute approximate surface area is 96.1 Å². The largest absolute Gasteiger partial charge is 0.463 e. The molecule has 0 aromatic carbocycles. The molecule has 1 atom stereocenters. The summed E-state index contributed by atoms with van der Waals surface area (Å²) in [6, 6.07) is 1.56. The maximum absolute atomic E-state index is 11.6. The van der Waals surface area contributed by atoms with Crippen molar-refractivity contribution in [3.05, 3.63) is 15.8 Å². The van der Waals surface area contributed by atoms with Gasteiger partial charge in [-0.3, -0.25) is 0 Å². The summed E-state index contributed by atoms with van der Waals surface area (Å²) in [5.41, 5.74) is 6.19. The van der Waals surface area contributed by atoms with Crippen molar-refractivity contribution in [2.75, 3.05) is 12.3 Å². The number of cyclic esters (lactones) is 1. The Morgan fingerprint density at radius 2 is 2.44 bits per heavy atom. The molecular formula is C10H11NO4S. The van der Waals surface area contributed by atoms with Crippen LogP contribution in [0.25, 0.3) is 0 Å². The molecule has 2 N–H and O–H groups in total. The molecule has 0 saturated carbocycles. The van der Waals surface area contributed by atoms with E-state index >= 15 is 0 Å². The Bertz CT molecular complexity index is 421. The van der Waals surface area contributed by atoms with Crippen LogP contribution in [-0.2, 0) is 14.3 Å². The van der Waals surface area contributed by atoms with Crippen molar-refractivity contribution in [2.45, 2.75) is 19.4 Å². The number of anilines is 1. The standard InChI is InChI=1S/C10H11NO4S/c1-5-6(11)4-8(16-5)10(13)15-7-2-3-14-9(7)12/h4,7H,2-3,11H2,1H3. The number of rotatable bonds is 2. The third kappa shape index (κ3) is 2.01. The monoisotopic (exact) mass is 241 g/mol. The summed E-state index contributed by atoms with van der Waals surface area (Å²) in [7, 11) is 0. The summed E-state index contributed by atoms with van der Waals surface area (Å²) in [6.07, 6.45) is -0.346. The molecule has 16 heavy (non-hydrogen) atoms. The quantitative estimate of drug-likeness (QED) is 0.785. The molecule has 2 heterocycles. The van der Waals surface area contributed by atoms with Crippen molar-refractivity contribution >= 4 is 29.0 Å². The molecule has 6 heteroatoms. The van der Waals surface area contributed by atoms with Gasteiger partial charge in [0.25, 0.3) is 0 Å². The van der Waals surface area contributed by atoms with E-state index in [0.29, 0.717) is 23.6 Å². The topological polar surface area (TPSA) is 78.6 Å².